The van der Waals surface area contributed by atoms with Gasteiger partial charge in [0.1, 0.15) is 5.73 Å². The number of hydrogen-bond donors (Lipinski definition) is 0. The maximum absolute atomic E-state index is 15.0. The molecule has 0 radical (unpaired) electrons. The van der Waals surface area contributed by atoms with Gasteiger partial charge in [-0.2, -0.15) is 0 Å². The number of benzene rings is 1. The Hall–Kier alpha value is -1.13. The lowest BCUT2D eigenvalue weighted by atomic mass is 9.83. The van der Waals surface area contributed by atoms with E-state index in [1.54, 1.807) is 0 Å². The highest BCUT2D eigenvalue weighted by molar-refractivity contribution is 6.55. The lowest BCUT2D eigenvalue weighted by Crippen LogP contribution is -2.41. The summed E-state index contributed by atoms with van der Waals surface area (Å²) in [6.07, 6.45) is 0.704. The molecule has 1 aliphatic carbocycles. The van der Waals surface area contributed by atoms with Gasteiger partial charge < -0.3 is 9.31 Å². The molecular weight excluding hydrogens is 266 g/mol. The molecule has 112 valence electrons. The van der Waals surface area contributed by atoms with Crippen LogP contribution < -0.4 is 0 Å². The van der Waals surface area contributed by atoms with Gasteiger partial charge in [0, 0.05) is 0 Å². The van der Waals surface area contributed by atoms with Gasteiger partial charge in [-0.3, -0.25) is 0 Å². The van der Waals surface area contributed by atoms with Crippen LogP contribution >= 0.6 is 0 Å². The van der Waals surface area contributed by atoms with Gasteiger partial charge in [0.05, 0.1) is 11.2 Å². The standard InChI is InChI=1S/C17H22BFO2/c1-11-10-14(13-9-7-6-8-12(11)13)15(19)18-20-16(2,3)17(4,5)21-18/h6-9,11H,10H2,1-5H3. The van der Waals surface area contributed by atoms with Crippen LogP contribution in [-0.4, -0.2) is 18.3 Å². The highest BCUT2D eigenvalue weighted by Gasteiger charge is 2.53. The third kappa shape index (κ3) is 2.25. The Morgan fingerprint density at radius 1 is 1.14 bits per heavy atom. The van der Waals surface area contributed by atoms with Crippen molar-refractivity contribution >= 4 is 12.7 Å². The van der Waals surface area contributed by atoms with Crippen LogP contribution in [0.4, 0.5) is 4.39 Å². The summed E-state index contributed by atoms with van der Waals surface area (Å²) in [6, 6.07) is 8.02. The minimum Gasteiger partial charge on any atom is -0.398 e. The molecule has 1 unspecified atom stereocenters. The van der Waals surface area contributed by atoms with Crippen LogP contribution in [0.2, 0.25) is 0 Å². The van der Waals surface area contributed by atoms with Gasteiger partial charge in [-0.1, -0.05) is 31.2 Å². The molecule has 1 atom stereocenters. The molecule has 2 aliphatic rings. The smallest absolute Gasteiger partial charge is 0.398 e. The van der Waals surface area contributed by atoms with E-state index < -0.39 is 18.3 Å². The van der Waals surface area contributed by atoms with Crippen molar-refractivity contribution < 1.29 is 13.7 Å². The molecule has 0 saturated carbocycles. The van der Waals surface area contributed by atoms with Crippen molar-refractivity contribution in [3.8, 4) is 0 Å². The van der Waals surface area contributed by atoms with Crippen molar-refractivity contribution in [1.29, 1.82) is 0 Å². The summed E-state index contributed by atoms with van der Waals surface area (Å²) in [5, 5.41) is 0. The molecular formula is C17H22BFO2. The molecule has 1 aromatic carbocycles. The van der Waals surface area contributed by atoms with Crippen molar-refractivity contribution in [3.05, 3.63) is 41.1 Å². The highest BCUT2D eigenvalue weighted by Crippen LogP contribution is 2.46. The Morgan fingerprint density at radius 3 is 2.33 bits per heavy atom. The van der Waals surface area contributed by atoms with Crippen molar-refractivity contribution in [3.63, 3.8) is 0 Å². The van der Waals surface area contributed by atoms with Crippen LogP contribution in [0.25, 0.3) is 5.57 Å². The van der Waals surface area contributed by atoms with E-state index in [1.807, 2.05) is 45.9 Å². The Morgan fingerprint density at radius 2 is 1.71 bits per heavy atom. The average molecular weight is 288 g/mol. The van der Waals surface area contributed by atoms with Crippen LogP contribution in [-0.2, 0) is 9.31 Å². The van der Waals surface area contributed by atoms with E-state index in [-0.39, 0.29) is 5.73 Å². The molecule has 0 spiro atoms. The molecule has 1 aromatic rings. The predicted octanol–water partition coefficient (Wildman–Crippen LogP) is 4.51. The summed E-state index contributed by atoms with van der Waals surface area (Å²) < 4.78 is 26.6. The summed E-state index contributed by atoms with van der Waals surface area (Å²) in [5.41, 5.74) is 1.64. The third-order valence-electron chi connectivity index (χ3n) is 5.08. The van der Waals surface area contributed by atoms with E-state index in [9.17, 15) is 4.39 Å². The number of rotatable bonds is 1. The molecule has 1 aliphatic heterocycles. The Kier molecular flexibility index (Phi) is 3.30. The van der Waals surface area contributed by atoms with Gasteiger partial charge in [0.25, 0.3) is 0 Å². The first-order valence-electron chi connectivity index (χ1n) is 7.56. The first-order chi connectivity index (χ1) is 9.73. The Labute approximate surface area is 126 Å². The maximum Gasteiger partial charge on any atom is 0.525 e. The molecule has 2 nitrogen and oxygen atoms in total. The average Bonchev–Trinajstić information content (AvgIpc) is 2.85. The van der Waals surface area contributed by atoms with Crippen molar-refractivity contribution in [1.82, 2.24) is 0 Å². The molecule has 21 heavy (non-hydrogen) atoms. The molecule has 0 amide bonds. The number of fused-ring (bicyclic) bond motifs is 1. The van der Waals surface area contributed by atoms with Crippen LogP contribution in [0.1, 0.15) is 58.1 Å². The second-order valence-electron chi connectivity index (χ2n) is 7.11. The molecule has 0 N–H and O–H groups in total. The molecule has 0 bridgehead atoms. The van der Waals surface area contributed by atoms with Crippen molar-refractivity contribution in [2.75, 3.05) is 0 Å². The van der Waals surface area contributed by atoms with E-state index >= 15 is 0 Å². The van der Waals surface area contributed by atoms with Gasteiger partial charge in [-0.25, -0.2) is 4.39 Å². The topological polar surface area (TPSA) is 18.5 Å². The third-order valence-corrected chi connectivity index (χ3v) is 5.08. The zero-order valence-corrected chi connectivity index (χ0v) is 13.4. The van der Waals surface area contributed by atoms with E-state index in [2.05, 4.69) is 13.0 Å². The van der Waals surface area contributed by atoms with Gasteiger partial charge >= 0.3 is 7.12 Å². The molecule has 4 heteroatoms. The maximum atomic E-state index is 15.0. The number of hydrogen-bond acceptors (Lipinski definition) is 2. The first kappa shape index (κ1) is 14.8. The van der Waals surface area contributed by atoms with Gasteiger partial charge in [0.15, 0.2) is 0 Å². The summed E-state index contributed by atoms with van der Waals surface area (Å²) in [4.78, 5) is 0. The fraction of sp³-hybridized carbons (Fsp3) is 0.529. The summed E-state index contributed by atoms with van der Waals surface area (Å²) >= 11 is 0. The van der Waals surface area contributed by atoms with Crippen molar-refractivity contribution in [2.24, 2.45) is 0 Å². The van der Waals surface area contributed by atoms with E-state index in [1.165, 1.54) is 5.56 Å². The quantitative estimate of drug-likeness (QED) is 0.708. The number of allylic oxidation sites excluding steroid dienone is 1. The summed E-state index contributed by atoms with van der Waals surface area (Å²) in [6.45, 7) is 9.89. The number of halogens is 1. The van der Waals surface area contributed by atoms with E-state index in [0.717, 1.165) is 11.1 Å². The van der Waals surface area contributed by atoms with Gasteiger partial charge in [-0.15, -0.1) is 0 Å². The largest absolute Gasteiger partial charge is 0.525 e. The first-order valence-corrected chi connectivity index (χ1v) is 7.56. The monoisotopic (exact) mass is 288 g/mol. The SMILES string of the molecule is CC1CC(=C(F)B2OC(C)(C)C(C)(C)O2)c2ccccc21. The zero-order valence-electron chi connectivity index (χ0n) is 13.4. The normalized spacial score (nSPS) is 28.7. The second-order valence-corrected chi connectivity index (χ2v) is 7.11. The van der Waals surface area contributed by atoms with Crippen LogP contribution in [0, 0.1) is 0 Å². The second kappa shape index (κ2) is 4.69. The minimum atomic E-state index is -0.900. The Bertz CT molecular complexity index is 591. The van der Waals surface area contributed by atoms with Gasteiger partial charge in [0.2, 0.25) is 0 Å². The lowest BCUT2D eigenvalue weighted by molar-refractivity contribution is 0.00578. The zero-order chi connectivity index (χ0) is 15.4. The Balaban J connectivity index is 1.98. The fourth-order valence-electron chi connectivity index (χ4n) is 3.04. The fourth-order valence-corrected chi connectivity index (χ4v) is 3.04. The molecule has 1 fully saturated rings. The highest BCUT2D eigenvalue weighted by atomic mass is 19.1. The van der Waals surface area contributed by atoms with Crippen LogP contribution in [0.5, 0.6) is 0 Å². The lowest BCUT2D eigenvalue weighted by Gasteiger charge is -2.32. The predicted molar refractivity (Wildman–Crippen MR) is 83.6 cm³/mol. The molecule has 0 aromatic heterocycles. The van der Waals surface area contributed by atoms with Crippen LogP contribution in [0.15, 0.2) is 30.0 Å². The van der Waals surface area contributed by atoms with Gasteiger partial charge in [-0.05, 0) is 56.7 Å². The molecule has 1 saturated heterocycles. The van der Waals surface area contributed by atoms with Crippen molar-refractivity contribution in [2.45, 2.75) is 58.2 Å². The van der Waals surface area contributed by atoms with Crippen LogP contribution in [0.3, 0.4) is 0 Å². The summed E-state index contributed by atoms with van der Waals surface area (Å²) in [7, 11) is -0.900. The van der Waals surface area contributed by atoms with E-state index in [0.29, 0.717) is 12.3 Å². The summed E-state index contributed by atoms with van der Waals surface area (Å²) in [5.74, 6) is 0.337. The molecule has 3 rings (SSSR count). The van der Waals surface area contributed by atoms with E-state index in [4.69, 9.17) is 9.31 Å². The molecule has 1 heterocycles. The minimum absolute atomic E-state index is 0.273.